The van der Waals surface area contributed by atoms with Crippen LogP contribution in [0.15, 0.2) is 28.4 Å². The first-order chi connectivity index (χ1) is 15.4. The molecule has 1 aliphatic rings. The van der Waals surface area contributed by atoms with Crippen LogP contribution in [-0.2, 0) is 24.7 Å². The summed E-state index contributed by atoms with van der Waals surface area (Å²) >= 11 is -6.21. The summed E-state index contributed by atoms with van der Waals surface area (Å²) in [5.41, 5.74) is -4.19. The Bertz CT molecular complexity index is 973. The van der Waals surface area contributed by atoms with Crippen molar-refractivity contribution in [2.24, 2.45) is 10.2 Å². The topological polar surface area (TPSA) is 113 Å². The number of alkyl halides is 9. The number of esters is 1. The first-order valence-corrected chi connectivity index (χ1v) is 15.1. The number of ether oxygens (including phenoxy) is 4. The Balaban J connectivity index is 2.65. The Morgan fingerprint density at radius 2 is 1.41 bits per heavy atom. The summed E-state index contributed by atoms with van der Waals surface area (Å²) in [6, 6.07) is 1.50. The van der Waals surface area contributed by atoms with Gasteiger partial charge < -0.3 is 0 Å². The summed E-state index contributed by atoms with van der Waals surface area (Å²) in [6.45, 7) is -1.04. The molecule has 0 fully saturated rings. The molecule has 0 radical (unpaired) electrons. The molecule has 1 aliphatic heterocycles. The van der Waals surface area contributed by atoms with E-state index in [9.17, 15) is 53.9 Å². The van der Waals surface area contributed by atoms with Gasteiger partial charge in [0.25, 0.3) is 0 Å². The quantitative estimate of drug-likeness (QED) is 0.185. The van der Waals surface area contributed by atoms with E-state index < -0.39 is 81.3 Å². The summed E-state index contributed by atoms with van der Waals surface area (Å²) in [5, 5.41) is 5.64. The van der Waals surface area contributed by atoms with Crippen molar-refractivity contribution < 1.29 is 72.8 Å². The molecule has 0 amide bonds. The summed E-state index contributed by atoms with van der Waals surface area (Å²) < 4.78 is 125. The van der Waals surface area contributed by atoms with Crippen LogP contribution >= 0.6 is 0 Å². The number of hydrogen-bond donors (Lipinski definition) is 0. The van der Waals surface area contributed by atoms with Crippen LogP contribution in [-0.4, -0.2) is 68.3 Å². The number of hydrogen-bond acceptors (Lipinski definition) is 9. The van der Waals surface area contributed by atoms with Gasteiger partial charge >= 0.3 is 190 Å². The van der Waals surface area contributed by atoms with Gasteiger partial charge in [0.15, 0.2) is 0 Å². The van der Waals surface area contributed by atoms with E-state index in [-0.39, 0.29) is 0 Å². The SMILES string of the molecule is COC(=O)COc1ccc(C2(C(F)(F)F)N=N2)c[c]1[Tl]([C](=O)OC(F)(F)F)[C](=O)OC(F)(F)F. The maximum atomic E-state index is 13.3. The van der Waals surface area contributed by atoms with Crippen LogP contribution in [0.1, 0.15) is 5.56 Å². The van der Waals surface area contributed by atoms with E-state index in [1.165, 1.54) is 0 Å². The second-order valence-electron chi connectivity index (χ2n) is 6.15. The molecule has 186 valence electrons. The number of benzene rings is 1. The second-order valence-corrected chi connectivity index (χ2v) is 15.6. The predicted octanol–water partition coefficient (Wildman–Crippen LogP) is 3.60. The molecule has 0 saturated carbocycles. The van der Waals surface area contributed by atoms with E-state index >= 15 is 0 Å². The molecule has 0 atom stereocenters. The van der Waals surface area contributed by atoms with Gasteiger partial charge in [-0.25, -0.2) is 0 Å². The number of carbonyl (C=O) groups is 3. The van der Waals surface area contributed by atoms with Gasteiger partial charge in [-0.1, -0.05) is 0 Å². The molecular formula is C15H8F9N2O7Tl. The molecule has 19 heteroatoms. The molecular weight excluding hydrogens is 696 g/mol. The van der Waals surface area contributed by atoms with Crippen molar-refractivity contribution in [3.05, 3.63) is 23.8 Å². The molecule has 1 aromatic rings. The van der Waals surface area contributed by atoms with E-state index in [4.69, 9.17) is 4.74 Å². The second kappa shape index (κ2) is 9.52. The fourth-order valence-electron chi connectivity index (χ4n) is 2.46. The van der Waals surface area contributed by atoms with Gasteiger partial charge in [0.05, 0.1) is 0 Å². The van der Waals surface area contributed by atoms with Crippen LogP contribution < -0.4 is 7.86 Å². The van der Waals surface area contributed by atoms with Crippen molar-refractivity contribution in [1.29, 1.82) is 0 Å². The molecule has 1 aromatic carbocycles. The van der Waals surface area contributed by atoms with Gasteiger partial charge in [-0.05, 0) is 0 Å². The van der Waals surface area contributed by atoms with Crippen LogP contribution in [0.3, 0.4) is 0 Å². The van der Waals surface area contributed by atoms with Crippen molar-refractivity contribution in [3.8, 4) is 5.75 Å². The van der Waals surface area contributed by atoms with E-state index in [0.29, 0.717) is 18.2 Å². The van der Waals surface area contributed by atoms with Crippen molar-refractivity contribution in [1.82, 2.24) is 0 Å². The van der Waals surface area contributed by atoms with Crippen LogP contribution in [0.2, 0.25) is 0 Å². The van der Waals surface area contributed by atoms with E-state index in [0.717, 1.165) is 7.11 Å². The summed E-state index contributed by atoms with van der Waals surface area (Å²) in [6.07, 6.45) is -16.7. The molecule has 0 aromatic heterocycles. The van der Waals surface area contributed by atoms with E-state index in [2.05, 4.69) is 24.4 Å². The molecule has 0 bridgehead atoms. The summed E-state index contributed by atoms with van der Waals surface area (Å²) in [4.78, 5) is 35.4. The zero-order valence-electron chi connectivity index (χ0n) is 16.2. The van der Waals surface area contributed by atoms with Gasteiger partial charge in [0, 0.05) is 0 Å². The number of rotatable bonds is 7. The van der Waals surface area contributed by atoms with Gasteiger partial charge in [0.2, 0.25) is 0 Å². The Morgan fingerprint density at radius 1 is 0.912 bits per heavy atom. The monoisotopic (exact) mass is 704 g/mol. The van der Waals surface area contributed by atoms with Gasteiger partial charge in [-0.15, -0.1) is 0 Å². The van der Waals surface area contributed by atoms with Crippen molar-refractivity contribution >= 4 is 38.9 Å². The fourth-order valence-corrected chi connectivity index (χ4v) is 10.3. The third-order valence-corrected chi connectivity index (χ3v) is 12.6. The normalized spacial score (nSPS) is 14.8. The molecule has 0 aliphatic carbocycles. The van der Waals surface area contributed by atoms with Crippen molar-refractivity contribution in [3.63, 3.8) is 0 Å². The number of halogens is 9. The number of nitrogens with zero attached hydrogens (tertiary/aromatic N) is 2. The molecule has 0 saturated heterocycles. The third kappa shape index (κ3) is 6.68. The van der Waals surface area contributed by atoms with Crippen molar-refractivity contribution in [2.75, 3.05) is 13.7 Å². The summed E-state index contributed by atoms with van der Waals surface area (Å²) in [5.74, 6) is -1.98. The zero-order chi connectivity index (χ0) is 26.1. The van der Waals surface area contributed by atoms with Gasteiger partial charge in [0.1, 0.15) is 0 Å². The average Bonchev–Trinajstić information content (AvgIpc) is 3.45. The van der Waals surface area contributed by atoms with Crippen LogP contribution in [0.5, 0.6) is 5.75 Å². The Labute approximate surface area is 189 Å². The minimum atomic E-state index is -6.21. The molecule has 1 heterocycles. The van der Waals surface area contributed by atoms with Gasteiger partial charge in [-0.3, -0.25) is 0 Å². The molecule has 2 rings (SSSR count). The standard InChI is InChI=1S/C11H8F3N2O3.2C2F3O2.Tl/c1-18-9(17)6-19-8-4-2-7(3-5-8)10(15-16-10)11(12,13)14;2*3-2(4,5)7-1-6;/h2-4H,6H2,1H3;;;. The first-order valence-electron chi connectivity index (χ1n) is 8.34. The predicted molar refractivity (Wildman–Crippen MR) is 87.0 cm³/mol. The Morgan fingerprint density at radius 3 is 1.79 bits per heavy atom. The zero-order valence-corrected chi connectivity index (χ0v) is 20.7. The third-order valence-electron chi connectivity index (χ3n) is 3.90. The van der Waals surface area contributed by atoms with Gasteiger partial charge in [-0.2, -0.15) is 0 Å². The van der Waals surface area contributed by atoms with Crippen molar-refractivity contribution in [2.45, 2.75) is 24.6 Å². The Hall–Kier alpha value is -2.68. The fraction of sp³-hybridized carbons (Fsp3) is 0.400. The van der Waals surface area contributed by atoms with E-state index in [1.807, 2.05) is 0 Å². The van der Waals surface area contributed by atoms with E-state index in [1.54, 1.807) is 0 Å². The maximum absolute atomic E-state index is 13.3. The number of methoxy groups -OCH3 is 1. The first kappa shape index (κ1) is 27.6. The van der Waals surface area contributed by atoms with Crippen LogP contribution in [0, 0.1) is 0 Å². The molecule has 34 heavy (non-hydrogen) atoms. The summed E-state index contributed by atoms with van der Waals surface area (Å²) in [7, 11) is 0.878. The van der Waals surface area contributed by atoms with Crippen LogP contribution in [0.4, 0.5) is 49.1 Å². The average molecular weight is 704 g/mol. The number of carbonyl (C=O) groups excluding carboxylic acids is 3. The minimum absolute atomic E-state index is 0.293. The molecule has 0 N–H and O–H groups in total. The Kier molecular flexibility index (Phi) is 7.72. The molecule has 0 spiro atoms. The molecule has 9 nitrogen and oxygen atoms in total. The molecule has 0 unspecified atom stereocenters. The van der Waals surface area contributed by atoms with Crippen LogP contribution in [0.25, 0.3) is 0 Å².